The maximum atomic E-state index is 13.2. The molecule has 0 amide bonds. The lowest BCUT2D eigenvalue weighted by Crippen LogP contribution is -2.13. The molecule has 0 unspecified atom stereocenters. The molecule has 90 valence electrons. The molecule has 0 radical (unpaired) electrons. The van der Waals surface area contributed by atoms with Crippen molar-refractivity contribution in [1.82, 2.24) is 5.32 Å². The van der Waals surface area contributed by atoms with Crippen LogP contribution in [-0.4, -0.2) is 0 Å². The first kappa shape index (κ1) is 11.7. The first-order valence-corrected chi connectivity index (χ1v) is 5.02. The molecule has 0 atom stereocenters. The third-order valence-corrected chi connectivity index (χ3v) is 2.31. The summed E-state index contributed by atoms with van der Waals surface area (Å²) in [5, 5.41) is 2.90. The van der Waals surface area contributed by atoms with Gasteiger partial charge in [-0.3, -0.25) is 0 Å². The molecule has 1 N–H and O–H groups in total. The summed E-state index contributed by atoms with van der Waals surface area (Å²) >= 11 is 0. The molecule has 0 aliphatic heterocycles. The van der Waals surface area contributed by atoms with Crippen LogP contribution in [0.3, 0.4) is 0 Å². The minimum atomic E-state index is -1.18. The molecule has 0 saturated carbocycles. The molecule has 1 aromatic heterocycles. The van der Waals surface area contributed by atoms with Crippen LogP contribution in [0.4, 0.5) is 13.2 Å². The number of nitrogens with one attached hydrogen (secondary N) is 1. The van der Waals surface area contributed by atoms with Gasteiger partial charge in [0.05, 0.1) is 12.5 Å². The van der Waals surface area contributed by atoms with Gasteiger partial charge >= 0.3 is 0 Å². The van der Waals surface area contributed by atoms with Gasteiger partial charge in [0, 0.05) is 30.3 Å². The minimum Gasteiger partial charge on any atom is -0.472 e. The molecule has 2 aromatic rings. The molecule has 1 heterocycles. The molecule has 0 saturated heterocycles. The predicted octanol–water partition coefficient (Wildman–Crippen LogP) is 2.99. The summed E-state index contributed by atoms with van der Waals surface area (Å²) in [6.45, 7) is 0.586. The van der Waals surface area contributed by atoms with Crippen molar-refractivity contribution in [2.24, 2.45) is 0 Å². The van der Waals surface area contributed by atoms with E-state index in [0.29, 0.717) is 12.6 Å². The summed E-state index contributed by atoms with van der Waals surface area (Å²) in [7, 11) is 0. The Morgan fingerprint density at radius 1 is 1.00 bits per heavy atom. The number of hydrogen-bond donors (Lipinski definition) is 1. The Balaban J connectivity index is 1.97. The number of rotatable bonds is 4. The number of furan rings is 1. The van der Waals surface area contributed by atoms with Crippen LogP contribution in [0.1, 0.15) is 11.1 Å². The molecule has 2 nitrogen and oxygen atoms in total. The molecular weight excluding hydrogens is 231 g/mol. The normalized spacial score (nSPS) is 10.8. The Kier molecular flexibility index (Phi) is 3.49. The fourth-order valence-corrected chi connectivity index (χ4v) is 1.43. The van der Waals surface area contributed by atoms with E-state index in [1.165, 1.54) is 6.26 Å². The van der Waals surface area contributed by atoms with E-state index >= 15 is 0 Å². The van der Waals surface area contributed by atoms with Crippen LogP contribution in [0.5, 0.6) is 0 Å². The van der Waals surface area contributed by atoms with E-state index in [1.807, 2.05) is 0 Å². The fraction of sp³-hybridized carbons (Fsp3) is 0.167. The van der Waals surface area contributed by atoms with Gasteiger partial charge in [-0.25, -0.2) is 13.2 Å². The van der Waals surface area contributed by atoms with E-state index in [-0.39, 0.29) is 12.1 Å². The quantitative estimate of drug-likeness (QED) is 0.832. The molecule has 5 heteroatoms. The zero-order valence-electron chi connectivity index (χ0n) is 8.84. The van der Waals surface area contributed by atoms with Crippen LogP contribution in [0.2, 0.25) is 0 Å². The summed E-state index contributed by atoms with van der Waals surface area (Å²) in [5.41, 5.74) is 0.986. The van der Waals surface area contributed by atoms with E-state index in [0.717, 1.165) is 11.6 Å². The van der Waals surface area contributed by atoms with Crippen LogP contribution >= 0.6 is 0 Å². The minimum absolute atomic E-state index is 0.0902. The number of benzene rings is 1. The second kappa shape index (κ2) is 5.05. The van der Waals surface area contributed by atoms with Crippen LogP contribution in [0, 0.1) is 17.5 Å². The topological polar surface area (TPSA) is 25.2 Å². The van der Waals surface area contributed by atoms with Crippen LogP contribution < -0.4 is 5.32 Å². The van der Waals surface area contributed by atoms with Crippen molar-refractivity contribution in [3.05, 3.63) is 59.3 Å². The van der Waals surface area contributed by atoms with Gasteiger partial charge in [-0.2, -0.15) is 0 Å². The molecule has 17 heavy (non-hydrogen) atoms. The Morgan fingerprint density at radius 3 is 2.47 bits per heavy atom. The second-order valence-corrected chi connectivity index (χ2v) is 3.59. The van der Waals surface area contributed by atoms with E-state index < -0.39 is 17.5 Å². The number of hydrogen-bond acceptors (Lipinski definition) is 2. The summed E-state index contributed by atoms with van der Waals surface area (Å²) in [5.74, 6) is -2.99. The van der Waals surface area contributed by atoms with Crippen LogP contribution in [0.15, 0.2) is 35.1 Å². The van der Waals surface area contributed by atoms with Gasteiger partial charge in [-0.05, 0) is 12.1 Å². The highest BCUT2D eigenvalue weighted by atomic mass is 19.2. The lowest BCUT2D eigenvalue weighted by atomic mass is 10.2. The first-order chi connectivity index (χ1) is 8.16. The van der Waals surface area contributed by atoms with Gasteiger partial charge in [0.15, 0.2) is 11.6 Å². The molecule has 1 aromatic carbocycles. The van der Waals surface area contributed by atoms with Crippen molar-refractivity contribution in [2.75, 3.05) is 0 Å². The highest BCUT2D eigenvalue weighted by Crippen LogP contribution is 2.13. The standard InChI is InChI=1S/C12H10F3NO/c13-10-4-12(15)11(14)3-9(10)6-16-5-8-1-2-17-7-8/h1-4,7,16H,5-6H2. The lowest BCUT2D eigenvalue weighted by Gasteiger charge is -2.05. The molecule has 0 fully saturated rings. The molecule has 2 rings (SSSR count). The smallest absolute Gasteiger partial charge is 0.161 e. The zero-order valence-corrected chi connectivity index (χ0v) is 8.84. The monoisotopic (exact) mass is 241 g/mol. The molecular formula is C12H10F3NO. The van der Waals surface area contributed by atoms with Gasteiger partial charge < -0.3 is 9.73 Å². The van der Waals surface area contributed by atoms with E-state index in [4.69, 9.17) is 4.42 Å². The van der Waals surface area contributed by atoms with E-state index in [2.05, 4.69) is 5.32 Å². The average molecular weight is 241 g/mol. The van der Waals surface area contributed by atoms with Crippen LogP contribution in [-0.2, 0) is 13.1 Å². The summed E-state index contributed by atoms with van der Waals surface area (Å²) < 4.78 is 43.6. The van der Waals surface area contributed by atoms with Crippen molar-refractivity contribution < 1.29 is 17.6 Å². The SMILES string of the molecule is Fc1cc(F)c(CNCc2ccoc2)cc1F. The largest absolute Gasteiger partial charge is 0.472 e. The van der Waals surface area contributed by atoms with Crippen molar-refractivity contribution in [3.63, 3.8) is 0 Å². The van der Waals surface area contributed by atoms with Crippen molar-refractivity contribution in [2.45, 2.75) is 13.1 Å². The molecule has 0 spiro atoms. The molecule has 0 bridgehead atoms. The summed E-state index contributed by atoms with van der Waals surface area (Å²) in [6.07, 6.45) is 3.07. The lowest BCUT2D eigenvalue weighted by molar-refractivity contribution is 0.486. The summed E-state index contributed by atoms with van der Waals surface area (Å²) in [4.78, 5) is 0. The highest BCUT2D eigenvalue weighted by Gasteiger charge is 2.09. The molecule has 0 aliphatic rings. The predicted molar refractivity (Wildman–Crippen MR) is 55.6 cm³/mol. The Bertz CT molecular complexity index is 497. The third kappa shape index (κ3) is 2.88. The second-order valence-electron chi connectivity index (χ2n) is 3.59. The van der Waals surface area contributed by atoms with Gasteiger partial charge in [-0.1, -0.05) is 0 Å². The van der Waals surface area contributed by atoms with E-state index in [9.17, 15) is 13.2 Å². The number of halogens is 3. The van der Waals surface area contributed by atoms with Crippen molar-refractivity contribution in [1.29, 1.82) is 0 Å². The average Bonchev–Trinajstić information content (AvgIpc) is 2.78. The van der Waals surface area contributed by atoms with Gasteiger partial charge in [-0.15, -0.1) is 0 Å². The van der Waals surface area contributed by atoms with Crippen LogP contribution in [0.25, 0.3) is 0 Å². The maximum Gasteiger partial charge on any atom is 0.161 e. The van der Waals surface area contributed by atoms with Gasteiger partial charge in [0.1, 0.15) is 5.82 Å². The highest BCUT2D eigenvalue weighted by molar-refractivity contribution is 5.20. The zero-order chi connectivity index (χ0) is 12.3. The summed E-state index contributed by atoms with van der Waals surface area (Å²) in [6, 6.07) is 3.16. The van der Waals surface area contributed by atoms with E-state index in [1.54, 1.807) is 12.3 Å². The van der Waals surface area contributed by atoms with Crippen molar-refractivity contribution >= 4 is 0 Å². The Labute approximate surface area is 96.1 Å². The van der Waals surface area contributed by atoms with Gasteiger partial charge in [0.2, 0.25) is 0 Å². The Morgan fingerprint density at radius 2 is 1.76 bits per heavy atom. The van der Waals surface area contributed by atoms with Gasteiger partial charge in [0.25, 0.3) is 0 Å². The maximum absolute atomic E-state index is 13.2. The molecule has 0 aliphatic carbocycles. The first-order valence-electron chi connectivity index (χ1n) is 5.02. The third-order valence-electron chi connectivity index (χ3n) is 2.31. The van der Waals surface area contributed by atoms with Crippen molar-refractivity contribution in [3.8, 4) is 0 Å². The Hall–Kier alpha value is -1.75. The fourth-order valence-electron chi connectivity index (χ4n) is 1.43.